The van der Waals surface area contributed by atoms with E-state index in [-0.39, 0.29) is 5.97 Å². The number of benzene rings is 2. The first-order valence-corrected chi connectivity index (χ1v) is 7.76. The molecule has 2 nitrogen and oxygen atoms in total. The number of hydrogen-bond acceptors (Lipinski definition) is 2. The van der Waals surface area contributed by atoms with Crippen LogP contribution in [0.4, 0.5) is 0 Å². The van der Waals surface area contributed by atoms with Gasteiger partial charge in [0.2, 0.25) is 0 Å². The summed E-state index contributed by atoms with van der Waals surface area (Å²) in [6.07, 6.45) is 1.08. The lowest BCUT2D eigenvalue weighted by atomic mass is 9.87. The van der Waals surface area contributed by atoms with E-state index in [2.05, 4.69) is 45.0 Å². The third-order valence-electron chi connectivity index (χ3n) is 4.25. The summed E-state index contributed by atoms with van der Waals surface area (Å²) in [4.78, 5) is 11.5. The second kappa shape index (κ2) is 7.26. The molecule has 0 amide bonds. The van der Waals surface area contributed by atoms with Crippen molar-refractivity contribution in [3.05, 3.63) is 70.8 Å². The van der Waals surface area contributed by atoms with Gasteiger partial charge < -0.3 is 4.74 Å². The molecule has 0 N–H and O–H groups in total. The van der Waals surface area contributed by atoms with Crippen molar-refractivity contribution in [3.63, 3.8) is 0 Å². The summed E-state index contributed by atoms with van der Waals surface area (Å²) in [5.74, 6) is 0.672. The molecule has 0 radical (unpaired) electrons. The Morgan fingerprint density at radius 2 is 1.36 bits per heavy atom. The zero-order chi connectivity index (χ0) is 16.1. The lowest BCUT2D eigenvalue weighted by Crippen LogP contribution is -2.04. The Kier molecular flexibility index (Phi) is 5.37. The summed E-state index contributed by atoms with van der Waals surface area (Å²) < 4.78 is 4.73. The minimum Gasteiger partial charge on any atom is -0.465 e. The van der Waals surface area contributed by atoms with Gasteiger partial charge in [0.25, 0.3) is 0 Å². The van der Waals surface area contributed by atoms with E-state index in [9.17, 15) is 4.79 Å². The fourth-order valence-corrected chi connectivity index (χ4v) is 2.76. The van der Waals surface area contributed by atoms with Crippen molar-refractivity contribution in [2.75, 3.05) is 7.11 Å². The fourth-order valence-electron chi connectivity index (χ4n) is 2.76. The summed E-state index contributed by atoms with van der Waals surface area (Å²) in [6, 6.07) is 16.5. The summed E-state index contributed by atoms with van der Waals surface area (Å²) in [7, 11) is 1.40. The maximum absolute atomic E-state index is 11.5. The summed E-state index contributed by atoms with van der Waals surface area (Å²) >= 11 is 0. The lowest BCUT2D eigenvalue weighted by Gasteiger charge is -2.18. The molecule has 2 unspecified atom stereocenters. The molecule has 0 spiro atoms. The van der Waals surface area contributed by atoms with E-state index in [0.717, 1.165) is 6.42 Å². The zero-order valence-corrected chi connectivity index (χ0v) is 13.8. The standard InChI is InChI=1S/C20H24O2/c1-14-5-7-17(8-6-14)15(2)13-16(3)18-9-11-19(12-10-18)20(21)22-4/h5-12,15-16H,13H2,1-4H3. The fraction of sp³-hybridized carbons (Fsp3) is 0.350. The van der Waals surface area contributed by atoms with E-state index in [1.807, 2.05) is 24.3 Å². The van der Waals surface area contributed by atoms with Gasteiger partial charge in [0.1, 0.15) is 0 Å². The van der Waals surface area contributed by atoms with Crippen LogP contribution in [0, 0.1) is 6.92 Å². The van der Waals surface area contributed by atoms with Gasteiger partial charge >= 0.3 is 5.97 Å². The second-order valence-electron chi connectivity index (χ2n) is 6.06. The molecule has 2 rings (SSSR count). The third-order valence-corrected chi connectivity index (χ3v) is 4.25. The van der Waals surface area contributed by atoms with Crippen molar-refractivity contribution >= 4 is 5.97 Å². The van der Waals surface area contributed by atoms with Crippen LogP contribution in [-0.2, 0) is 4.74 Å². The minimum atomic E-state index is -0.285. The third kappa shape index (κ3) is 3.97. The molecule has 0 aliphatic heterocycles. The van der Waals surface area contributed by atoms with Gasteiger partial charge in [-0.1, -0.05) is 55.8 Å². The molecule has 116 valence electrons. The van der Waals surface area contributed by atoms with Crippen LogP contribution in [0.15, 0.2) is 48.5 Å². The predicted octanol–water partition coefficient (Wildman–Crippen LogP) is 5.08. The highest BCUT2D eigenvalue weighted by molar-refractivity contribution is 5.89. The van der Waals surface area contributed by atoms with Gasteiger partial charge in [-0.25, -0.2) is 4.79 Å². The van der Waals surface area contributed by atoms with Gasteiger partial charge in [0.05, 0.1) is 12.7 Å². The van der Waals surface area contributed by atoms with Gasteiger partial charge in [-0.2, -0.15) is 0 Å². The van der Waals surface area contributed by atoms with Crippen LogP contribution in [0.25, 0.3) is 0 Å². The SMILES string of the molecule is COC(=O)c1ccc(C(C)CC(C)c2ccc(C)cc2)cc1. The molecule has 0 fully saturated rings. The Labute approximate surface area is 133 Å². The van der Waals surface area contributed by atoms with E-state index in [1.165, 1.54) is 23.8 Å². The van der Waals surface area contributed by atoms with Crippen LogP contribution in [0.2, 0.25) is 0 Å². The smallest absolute Gasteiger partial charge is 0.337 e. The molecule has 2 aromatic rings. The maximum atomic E-state index is 11.5. The molecule has 0 aliphatic rings. The second-order valence-corrected chi connectivity index (χ2v) is 6.06. The first kappa shape index (κ1) is 16.3. The van der Waals surface area contributed by atoms with Crippen molar-refractivity contribution in [3.8, 4) is 0 Å². The number of ether oxygens (including phenoxy) is 1. The van der Waals surface area contributed by atoms with Crippen molar-refractivity contribution in [2.45, 2.75) is 39.0 Å². The monoisotopic (exact) mass is 296 g/mol. The molecule has 22 heavy (non-hydrogen) atoms. The number of aryl methyl sites for hydroxylation is 1. The number of methoxy groups -OCH3 is 1. The molecule has 0 aliphatic carbocycles. The molecule has 0 saturated carbocycles. The van der Waals surface area contributed by atoms with Crippen LogP contribution in [0.3, 0.4) is 0 Å². The first-order chi connectivity index (χ1) is 10.5. The maximum Gasteiger partial charge on any atom is 0.337 e. The predicted molar refractivity (Wildman–Crippen MR) is 90.4 cm³/mol. The minimum absolute atomic E-state index is 0.285. The van der Waals surface area contributed by atoms with E-state index < -0.39 is 0 Å². The normalized spacial score (nSPS) is 13.5. The molecule has 0 heterocycles. The summed E-state index contributed by atoms with van der Waals surface area (Å²) in [5, 5.41) is 0. The average molecular weight is 296 g/mol. The number of esters is 1. The van der Waals surface area contributed by atoms with Gasteiger partial charge in [-0.15, -0.1) is 0 Å². The van der Waals surface area contributed by atoms with Crippen molar-refractivity contribution < 1.29 is 9.53 Å². The van der Waals surface area contributed by atoms with E-state index in [0.29, 0.717) is 17.4 Å². The number of rotatable bonds is 5. The highest BCUT2D eigenvalue weighted by Gasteiger charge is 2.13. The highest BCUT2D eigenvalue weighted by atomic mass is 16.5. The highest BCUT2D eigenvalue weighted by Crippen LogP contribution is 2.29. The molecular formula is C20H24O2. The zero-order valence-electron chi connectivity index (χ0n) is 13.8. The van der Waals surface area contributed by atoms with Crippen LogP contribution in [0.5, 0.6) is 0 Å². The Balaban J connectivity index is 2.03. The molecule has 0 saturated heterocycles. The number of carbonyl (C=O) groups excluding carboxylic acids is 1. The van der Waals surface area contributed by atoms with Gasteiger partial charge in [-0.05, 0) is 48.4 Å². The average Bonchev–Trinajstić information content (AvgIpc) is 2.54. The largest absolute Gasteiger partial charge is 0.465 e. The van der Waals surface area contributed by atoms with Gasteiger partial charge in [-0.3, -0.25) is 0 Å². The first-order valence-electron chi connectivity index (χ1n) is 7.76. The van der Waals surface area contributed by atoms with Gasteiger partial charge in [0.15, 0.2) is 0 Å². The van der Waals surface area contributed by atoms with Crippen molar-refractivity contribution in [2.24, 2.45) is 0 Å². The van der Waals surface area contributed by atoms with Crippen molar-refractivity contribution in [1.82, 2.24) is 0 Å². The molecule has 2 atom stereocenters. The molecule has 2 heteroatoms. The topological polar surface area (TPSA) is 26.3 Å². The van der Waals surface area contributed by atoms with Crippen LogP contribution in [0.1, 0.15) is 59.2 Å². The van der Waals surface area contributed by atoms with Crippen LogP contribution < -0.4 is 0 Å². The molecule has 0 aromatic heterocycles. The quantitative estimate of drug-likeness (QED) is 0.719. The Bertz CT molecular complexity index is 611. The van der Waals surface area contributed by atoms with Gasteiger partial charge in [0, 0.05) is 0 Å². The van der Waals surface area contributed by atoms with E-state index in [1.54, 1.807) is 0 Å². The van der Waals surface area contributed by atoms with Crippen LogP contribution >= 0.6 is 0 Å². The lowest BCUT2D eigenvalue weighted by molar-refractivity contribution is 0.0600. The molecule has 0 bridgehead atoms. The van der Waals surface area contributed by atoms with E-state index >= 15 is 0 Å². The van der Waals surface area contributed by atoms with E-state index in [4.69, 9.17) is 4.74 Å². The molecule has 2 aromatic carbocycles. The van der Waals surface area contributed by atoms with Crippen molar-refractivity contribution in [1.29, 1.82) is 0 Å². The molecular weight excluding hydrogens is 272 g/mol. The summed E-state index contributed by atoms with van der Waals surface area (Å²) in [6.45, 7) is 6.61. The number of hydrogen-bond donors (Lipinski definition) is 0. The number of carbonyl (C=O) groups is 1. The Hall–Kier alpha value is -2.09. The summed E-state index contributed by atoms with van der Waals surface area (Å²) in [5.41, 5.74) is 4.53. The Morgan fingerprint density at radius 3 is 1.82 bits per heavy atom. The Morgan fingerprint density at radius 1 is 0.909 bits per heavy atom. The van der Waals surface area contributed by atoms with Crippen LogP contribution in [-0.4, -0.2) is 13.1 Å².